The van der Waals surface area contributed by atoms with Crippen LogP contribution in [0.1, 0.15) is 28.3 Å². The Balaban J connectivity index is 1.80. The molecule has 1 unspecified atom stereocenters. The molecule has 0 spiro atoms. The lowest BCUT2D eigenvalue weighted by atomic mass is 9.93. The fourth-order valence-electron chi connectivity index (χ4n) is 3.15. The van der Waals surface area contributed by atoms with Crippen LogP contribution in [0.5, 0.6) is 0 Å². The highest BCUT2D eigenvalue weighted by atomic mass is 16.2. The van der Waals surface area contributed by atoms with Gasteiger partial charge in [-0.2, -0.15) is 0 Å². The molecule has 2 heterocycles. The Kier molecular flexibility index (Phi) is 4.03. The minimum atomic E-state index is 0.209. The van der Waals surface area contributed by atoms with Crippen molar-refractivity contribution in [2.45, 2.75) is 12.3 Å². The van der Waals surface area contributed by atoms with Crippen molar-refractivity contribution < 1.29 is 4.79 Å². The number of nitrogens with one attached hydrogen (secondary N) is 1. The van der Waals surface area contributed by atoms with Crippen molar-refractivity contribution >= 4 is 5.91 Å². The largest absolute Gasteiger partial charge is 0.336 e. The van der Waals surface area contributed by atoms with Crippen LogP contribution in [0.25, 0.3) is 0 Å². The van der Waals surface area contributed by atoms with Gasteiger partial charge < -0.3 is 15.1 Å². The van der Waals surface area contributed by atoms with Crippen LogP contribution in [0.3, 0.4) is 0 Å². The lowest BCUT2D eigenvalue weighted by Gasteiger charge is -2.33. The first-order valence-electron chi connectivity index (χ1n) is 7.53. The molecule has 1 aromatic carbocycles. The van der Waals surface area contributed by atoms with E-state index in [9.17, 15) is 4.79 Å². The molecule has 108 valence electrons. The molecule has 3 rings (SSSR count). The number of rotatable bonds is 2. The zero-order valence-corrected chi connectivity index (χ0v) is 12.1. The van der Waals surface area contributed by atoms with Gasteiger partial charge in [-0.15, -0.1) is 0 Å². The molecular formula is C16H23N3O. The van der Waals surface area contributed by atoms with E-state index < -0.39 is 0 Å². The second-order valence-corrected chi connectivity index (χ2v) is 5.87. The fourth-order valence-corrected chi connectivity index (χ4v) is 3.15. The number of benzene rings is 1. The summed E-state index contributed by atoms with van der Waals surface area (Å²) in [6.45, 7) is 5.67. The van der Waals surface area contributed by atoms with Crippen molar-refractivity contribution in [2.75, 3.05) is 46.3 Å². The first-order chi connectivity index (χ1) is 9.75. The van der Waals surface area contributed by atoms with E-state index in [1.54, 1.807) is 0 Å². The minimum absolute atomic E-state index is 0.209. The number of nitrogens with zero attached hydrogens (tertiary/aromatic N) is 2. The second kappa shape index (κ2) is 5.94. The van der Waals surface area contributed by atoms with E-state index in [0.717, 1.165) is 51.3 Å². The molecule has 4 heteroatoms. The van der Waals surface area contributed by atoms with Gasteiger partial charge in [-0.3, -0.25) is 4.79 Å². The van der Waals surface area contributed by atoms with E-state index in [1.807, 2.05) is 17.0 Å². The Hall–Kier alpha value is -1.39. The fraction of sp³-hybridized carbons (Fsp3) is 0.562. The number of carbonyl (C=O) groups excluding carboxylic acids is 1. The average molecular weight is 273 g/mol. The maximum absolute atomic E-state index is 12.8. The molecule has 2 aliphatic heterocycles. The summed E-state index contributed by atoms with van der Waals surface area (Å²) in [5.74, 6) is 0.697. The van der Waals surface area contributed by atoms with Gasteiger partial charge in [-0.25, -0.2) is 0 Å². The van der Waals surface area contributed by atoms with Gasteiger partial charge in [0.05, 0.1) is 0 Å². The van der Waals surface area contributed by atoms with Crippen LogP contribution in [0.2, 0.25) is 0 Å². The lowest BCUT2D eigenvalue weighted by molar-refractivity contribution is 0.0662. The molecule has 1 amide bonds. The normalized spacial score (nSPS) is 24.1. The molecule has 2 aliphatic rings. The molecule has 2 saturated heterocycles. The lowest BCUT2D eigenvalue weighted by Crippen LogP contribution is -2.47. The Morgan fingerprint density at radius 3 is 2.65 bits per heavy atom. The van der Waals surface area contributed by atoms with Crippen LogP contribution in [0.4, 0.5) is 0 Å². The third-order valence-corrected chi connectivity index (χ3v) is 4.48. The van der Waals surface area contributed by atoms with Gasteiger partial charge in [0.15, 0.2) is 0 Å². The molecule has 1 atom stereocenters. The van der Waals surface area contributed by atoms with Crippen LogP contribution < -0.4 is 5.32 Å². The van der Waals surface area contributed by atoms with Gasteiger partial charge in [0.1, 0.15) is 0 Å². The van der Waals surface area contributed by atoms with Crippen molar-refractivity contribution in [1.82, 2.24) is 15.1 Å². The van der Waals surface area contributed by atoms with E-state index >= 15 is 0 Å². The van der Waals surface area contributed by atoms with Crippen LogP contribution in [0, 0.1) is 0 Å². The van der Waals surface area contributed by atoms with Gasteiger partial charge in [0, 0.05) is 38.3 Å². The number of hydrogen-bond donors (Lipinski definition) is 1. The molecule has 4 nitrogen and oxygen atoms in total. The molecule has 1 N–H and O–H groups in total. The zero-order valence-electron chi connectivity index (χ0n) is 12.1. The summed E-state index contributed by atoms with van der Waals surface area (Å²) >= 11 is 0. The molecule has 0 saturated carbocycles. The van der Waals surface area contributed by atoms with Crippen LogP contribution in [-0.2, 0) is 0 Å². The first-order valence-corrected chi connectivity index (χ1v) is 7.53. The molecule has 0 radical (unpaired) electrons. The van der Waals surface area contributed by atoms with E-state index in [4.69, 9.17) is 0 Å². The third kappa shape index (κ3) is 2.72. The zero-order chi connectivity index (χ0) is 13.9. The van der Waals surface area contributed by atoms with Crippen LogP contribution in [-0.4, -0.2) is 62.0 Å². The SMILES string of the molecule is CN1CCN(C(=O)c2ccccc2C2CCNC2)CC1. The van der Waals surface area contributed by atoms with Gasteiger partial charge in [-0.1, -0.05) is 18.2 Å². The third-order valence-electron chi connectivity index (χ3n) is 4.48. The number of carbonyl (C=O) groups is 1. The predicted molar refractivity (Wildman–Crippen MR) is 80.1 cm³/mol. The number of piperazine rings is 1. The highest BCUT2D eigenvalue weighted by Crippen LogP contribution is 2.26. The first kappa shape index (κ1) is 13.6. The summed E-state index contributed by atoms with van der Waals surface area (Å²) in [7, 11) is 2.11. The molecule has 2 fully saturated rings. The van der Waals surface area contributed by atoms with Crippen molar-refractivity contribution in [2.24, 2.45) is 0 Å². The van der Waals surface area contributed by atoms with Gasteiger partial charge in [-0.05, 0) is 37.6 Å². The molecule has 20 heavy (non-hydrogen) atoms. The van der Waals surface area contributed by atoms with Crippen molar-refractivity contribution in [3.63, 3.8) is 0 Å². The summed E-state index contributed by atoms with van der Waals surface area (Å²) in [5, 5.41) is 3.39. The molecule has 0 aliphatic carbocycles. The Morgan fingerprint density at radius 1 is 1.20 bits per heavy atom. The van der Waals surface area contributed by atoms with Crippen LogP contribution in [0.15, 0.2) is 24.3 Å². The Labute approximate surface area is 120 Å². The summed E-state index contributed by atoms with van der Waals surface area (Å²) in [6, 6.07) is 8.15. The smallest absolute Gasteiger partial charge is 0.254 e. The van der Waals surface area contributed by atoms with Gasteiger partial charge in [0.2, 0.25) is 0 Å². The standard InChI is InChI=1S/C16H23N3O/c1-18-8-10-19(11-9-18)16(20)15-5-3-2-4-14(15)13-6-7-17-12-13/h2-5,13,17H,6-12H2,1H3. The Morgan fingerprint density at radius 2 is 1.95 bits per heavy atom. The predicted octanol–water partition coefficient (Wildman–Crippen LogP) is 1.15. The van der Waals surface area contributed by atoms with Gasteiger partial charge in [0.25, 0.3) is 5.91 Å². The summed E-state index contributed by atoms with van der Waals surface area (Å²) in [6.07, 6.45) is 1.13. The highest BCUT2D eigenvalue weighted by Gasteiger charge is 2.26. The summed E-state index contributed by atoms with van der Waals surface area (Å²) in [5.41, 5.74) is 2.13. The second-order valence-electron chi connectivity index (χ2n) is 5.87. The highest BCUT2D eigenvalue weighted by molar-refractivity contribution is 5.96. The Bertz CT molecular complexity index is 474. The van der Waals surface area contributed by atoms with Gasteiger partial charge >= 0.3 is 0 Å². The maximum atomic E-state index is 12.8. The average Bonchev–Trinajstić information content (AvgIpc) is 3.01. The maximum Gasteiger partial charge on any atom is 0.254 e. The van der Waals surface area contributed by atoms with Crippen LogP contribution >= 0.6 is 0 Å². The minimum Gasteiger partial charge on any atom is -0.336 e. The molecular weight excluding hydrogens is 250 g/mol. The monoisotopic (exact) mass is 273 g/mol. The topological polar surface area (TPSA) is 35.6 Å². The van der Waals surface area contributed by atoms with E-state index in [1.165, 1.54) is 5.56 Å². The number of hydrogen-bond acceptors (Lipinski definition) is 3. The van der Waals surface area contributed by atoms with Crippen molar-refractivity contribution in [1.29, 1.82) is 0 Å². The molecule has 0 bridgehead atoms. The summed E-state index contributed by atoms with van der Waals surface area (Å²) < 4.78 is 0. The van der Waals surface area contributed by atoms with E-state index in [-0.39, 0.29) is 5.91 Å². The van der Waals surface area contributed by atoms with E-state index in [0.29, 0.717) is 5.92 Å². The number of likely N-dealkylation sites (N-methyl/N-ethyl adjacent to an activating group) is 1. The van der Waals surface area contributed by atoms with Crippen molar-refractivity contribution in [3.05, 3.63) is 35.4 Å². The summed E-state index contributed by atoms with van der Waals surface area (Å²) in [4.78, 5) is 17.0. The number of amides is 1. The quantitative estimate of drug-likeness (QED) is 0.878. The molecule has 1 aromatic rings. The van der Waals surface area contributed by atoms with Crippen molar-refractivity contribution in [3.8, 4) is 0 Å². The van der Waals surface area contributed by atoms with E-state index in [2.05, 4.69) is 29.4 Å². The molecule has 0 aromatic heterocycles.